The van der Waals surface area contributed by atoms with Crippen molar-refractivity contribution in [2.24, 2.45) is 0 Å². The molecular weight excluding hydrogens is 357 g/mol. The average molecular weight is 368 g/mol. The summed E-state index contributed by atoms with van der Waals surface area (Å²) in [6, 6.07) is 8.34. The molecule has 0 spiro atoms. The minimum absolute atomic E-state index is 0.0576. The summed E-state index contributed by atoms with van der Waals surface area (Å²) in [6.07, 6.45) is 1.63. The number of halogens is 2. The van der Waals surface area contributed by atoms with Gasteiger partial charge in [-0.15, -0.1) is 10.6 Å². The van der Waals surface area contributed by atoms with Crippen LogP contribution in [0.5, 0.6) is 5.75 Å². The molecule has 4 nitrogen and oxygen atoms in total. The fourth-order valence-corrected chi connectivity index (χ4v) is 4.59. The summed E-state index contributed by atoms with van der Waals surface area (Å²) in [7, 11) is -3.09. The Hall–Kier alpha value is -1.63. The summed E-state index contributed by atoms with van der Waals surface area (Å²) < 4.78 is 20.8. The molecule has 4 rings (SSSR count). The Morgan fingerprint density at radius 1 is 0.957 bits per heavy atom. The lowest BCUT2D eigenvalue weighted by atomic mass is 9.98. The van der Waals surface area contributed by atoms with Crippen LogP contribution in [0.4, 0.5) is 0 Å². The van der Waals surface area contributed by atoms with E-state index in [0.717, 1.165) is 0 Å². The van der Waals surface area contributed by atoms with Crippen LogP contribution in [-0.2, 0) is 0 Å². The molecule has 2 aliphatic heterocycles. The summed E-state index contributed by atoms with van der Waals surface area (Å²) >= 11 is 12.1. The number of hydrogen-bond acceptors (Lipinski definition) is 3. The zero-order valence-electron chi connectivity index (χ0n) is 11.5. The van der Waals surface area contributed by atoms with E-state index in [2.05, 4.69) is 4.98 Å². The molecule has 0 unspecified atom stereocenters. The molecule has 4 N–H and O–H groups in total. The lowest BCUT2D eigenvalue weighted by molar-refractivity contribution is 0.479. The molecular formula is C16H11Cl2NO3S. The van der Waals surface area contributed by atoms with Crippen LogP contribution < -0.4 is 0 Å². The van der Waals surface area contributed by atoms with Gasteiger partial charge in [0.2, 0.25) is 0 Å². The van der Waals surface area contributed by atoms with E-state index in [4.69, 9.17) is 23.2 Å². The van der Waals surface area contributed by atoms with Crippen molar-refractivity contribution in [3.05, 3.63) is 51.5 Å². The predicted octanol–water partition coefficient (Wildman–Crippen LogP) is 5.89. The molecule has 0 bridgehead atoms. The number of H-pyrrole nitrogens is 1. The fourth-order valence-electron chi connectivity index (χ4n) is 2.87. The lowest BCUT2D eigenvalue weighted by Gasteiger charge is -2.29. The number of aromatic nitrogens is 1. The highest BCUT2D eigenvalue weighted by molar-refractivity contribution is 8.27. The van der Waals surface area contributed by atoms with Crippen LogP contribution in [0.1, 0.15) is 5.69 Å². The minimum Gasteiger partial charge on any atom is -0.507 e. The van der Waals surface area contributed by atoms with Crippen LogP contribution in [0.2, 0.25) is 10.0 Å². The Morgan fingerprint density at radius 3 is 2.48 bits per heavy atom. The minimum atomic E-state index is -3.09. The molecule has 1 aromatic carbocycles. The van der Waals surface area contributed by atoms with E-state index in [9.17, 15) is 14.2 Å². The van der Waals surface area contributed by atoms with Crippen LogP contribution in [-0.4, -0.2) is 19.2 Å². The van der Waals surface area contributed by atoms with Crippen LogP contribution in [0.25, 0.3) is 28.5 Å². The fraction of sp³-hybridized carbons (Fsp3) is 0. The number of pyridine rings is 1. The van der Waals surface area contributed by atoms with E-state index in [1.54, 1.807) is 36.4 Å². The Labute approximate surface area is 143 Å². The first kappa shape index (κ1) is 14.9. The second-order valence-electron chi connectivity index (χ2n) is 5.27. The van der Waals surface area contributed by atoms with Crippen molar-refractivity contribution in [1.82, 2.24) is 4.98 Å². The first-order valence-electron chi connectivity index (χ1n) is 6.68. The van der Waals surface area contributed by atoms with E-state index >= 15 is 0 Å². The van der Waals surface area contributed by atoms with Gasteiger partial charge in [0.05, 0.1) is 26.3 Å². The topological polar surface area (TPSA) is 76.5 Å². The molecule has 0 saturated heterocycles. The molecule has 0 radical (unpaired) electrons. The van der Waals surface area contributed by atoms with Crippen molar-refractivity contribution in [3.8, 4) is 28.1 Å². The molecule has 0 atom stereocenters. The zero-order chi connectivity index (χ0) is 16.4. The maximum absolute atomic E-state index is 10.4. The number of aromatic hydroxyl groups is 1. The number of rotatable bonds is 1. The first-order valence-corrected chi connectivity index (χ1v) is 9.04. The largest absolute Gasteiger partial charge is 0.507 e. The second-order valence-corrected chi connectivity index (χ2v) is 7.96. The number of hydrogen-bond donors (Lipinski definition) is 4. The van der Waals surface area contributed by atoms with Crippen LogP contribution in [0, 0.1) is 0 Å². The van der Waals surface area contributed by atoms with Crippen molar-refractivity contribution in [2.75, 3.05) is 0 Å². The summed E-state index contributed by atoms with van der Waals surface area (Å²) in [5.41, 5.74) is 3.01. The molecule has 0 saturated carbocycles. The first-order chi connectivity index (χ1) is 10.9. The SMILES string of the molecule is Oc1ccc2[nH]c3c(c(-c4ccc(Cl)c(Cl)c4)c1-2)S(O)(O)C=C3. The third kappa shape index (κ3) is 2.16. The number of benzene rings is 1. The van der Waals surface area contributed by atoms with Crippen molar-refractivity contribution in [3.63, 3.8) is 0 Å². The normalized spacial score (nSPS) is 16.7. The third-order valence-electron chi connectivity index (χ3n) is 3.86. The Balaban J connectivity index is 2.13. The van der Waals surface area contributed by atoms with Crippen LogP contribution in [0.15, 0.2) is 40.6 Å². The molecule has 3 aliphatic rings. The molecule has 0 amide bonds. The van der Waals surface area contributed by atoms with Gasteiger partial charge in [0.15, 0.2) is 0 Å². The van der Waals surface area contributed by atoms with Crippen molar-refractivity contribution >= 4 is 39.9 Å². The van der Waals surface area contributed by atoms with E-state index in [-0.39, 0.29) is 5.75 Å². The van der Waals surface area contributed by atoms with Gasteiger partial charge in [-0.3, -0.25) is 9.11 Å². The van der Waals surface area contributed by atoms with Crippen molar-refractivity contribution in [2.45, 2.75) is 4.90 Å². The highest BCUT2D eigenvalue weighted by Gasteiger charge is 2.32. The monoisotopic (exact) mass is 367 g/mol. The van der Waals surface area contributed by atoms with Crippen molar-refractivity contribution in [1.29, 1.82) is 0 Å². The van der Waals surface area contributed by atoms with Crippen molar-refractivity contribution < 1.29 is 14.2 Å². The van der Waals surface area contributed by atoms with E-state index < -0.39 is 10.6 Å². The summed E-state index contributed by atoms with van der Waals surface area (Å²) in [4.78, 5) is 3.47. The highest BCUT2D eigenvalue weighted by Crippen LogP contribution is 2.62. The Morgan fingerprint density at radius 2 is 1.74 bits per heavy atom. The summed E-state index contributed by atoms with van der Waals surface area (Å²) in [5, 5.41) is 12.4. The van der Waals surface area contributed by atoms with Gasteiger partial charge in [-0.05, 0) is 35.9 Å². The molecule has 23 heavy (non-hydrogen) atoms. The number of nitrogens with one attached hydrogen (secondary N) is 1. The molecule has 7 heteroatoms. The molecule has 0 aromatic heterocycles. The highest BCUT2D eigenvalue weighted by atomic mass is 35.5. The van der Waals surface area contributed by atoms with Crippen LogP contribution in [0.3, 0.4) is 0 Å². The molecule has 0 fully saturated rings. The number of fused-ring (bicyclic) bond motifs is 2. The van der Waals surface area contributed by atoms with E-state index in [1.807, 2.05) is 0 Å². The maximum atomic E-state index is 10.4. The zero-order valence-corrected chi connectivity index (χ0v) is 13.9. The van der Waals surface area contributed by atoms with Crippen LogP contribution >= 0.6 is 33.8 Å². The van der Waals surface area contributed by atoms with Gasteiger partial charge in [0.1, 0.15) is 5.75 Å². The van der Waals surface area contributed by atoms with Gasteiger partial charge in [-0.2, -0.15) is 0 Å². The molecule has 1 aliphatic carbocycles. The summed E-state index contributed by atoms with van der Waals surface area (Å²) in [5.74, 6) is 0.0576. The van der Waals surface area contributed by atoms with Gasteiger partial charge >= 0.3 is 0 Å². The molecule has 2 heterocycles. The third-order valence-corrected chi connectivity index (χ3v) is 6.14. The van der Waals surface area contributed by atoms with E-state index in [1.165, 1.54) is 5.41 Å². The Kier molecular flexibility index (Phi) is 3.20. The van der Waals surface area contributed by atoms with Gasteiger partial charge in [0, 0.05) is 16.5 Å². The Bertz CT molecular complexity index is 949. The standard InChI is InChI=1S/C16H11Cl2NO3S/c17-9-2-1-8(7-10(9)18)14-15-11(3-4-13(15)20)19-12-5-6-23(21,22)16(12)14/h1-7,19-22H. The summed E-state index contributed by atoms with van der Waals surface area (Å²) in [6.45, 7) is 0. The quantitative estimate of drug-likeness (QED) is 0.432. The van der Waals surface area contributed by atoms with Gasteiger partial charge < -0.3 is 10.1 Å². The maximum Gasteiger partial charge on any atom is 0.125 e. The van der Waals surface area contributed by atoms with Gasteiger partial charge in [0.25, 0.3) is 0 Å². The molecule has 118 valence electrons. The average Bonchev–Trinajstić information content (AvgIpc) is 3.01. The lowest BCUT2D eigenvalue weighted by Crippen LogP contribution is -2.01. The van der Waals surface area contributed by atoms with Gasteiger partial charge in [-0.1, -0.05) is 29.3 Å². The van der Waals surface area contributed by atoms with E-state index in [0.29, 0.717) is 43.0 Å². The number of aromatic amines is 1. The molecule has 1 aromatic rings. The second kappa shape index (κ2) is 4.93. The predicted molar refractivity (Wildman–Crippen MR) is 94.7 cm³/mol. The van der Waals surface area contributed by atoms with Gasteiger partial charge in [-0.25, -0.2) is 0 Å². The smallest absolute Gasteiger partial charge is 0.125 e.